The summed E-state index contributed by atoms with van der Waals surface area (Å²) in [6.45, 7) is 0. The number of nitrogens with zero attached hydrogens (tertiary/aromatic N) is 2. The van der Waals surface area contributed by atoms with E-state index in [0.29, 0.717) is 27.1 Å². The van der Waals surface area contributed by atoms with Crippen LogP contribution in [0.2, 0.25) is 5.02 Å². The van der Waals surface area contributed by atoms with E-state index in [1.165, 1.54) is 24.7 Å². The van der Waals surface area contributed by atoms with E-state index >= 15 is 0 Å². The van der Waals surface area contributed by atoms with Crippen LogP contribution in [0.1, 0.15) is 10.4 Å². The first kappa shape index (κ1) is 13.5. The third kappa shape index (κ3) is 2.43. The van der Waals surface area contributed by atoms with Gasteiger partial charge in [-0.15, -0.1) is 0 Å². The van der Waals surface area contributed by atoms with Crippen LogP contribution in [0.4, 0.5) is 4.39 Å². The molecule has 0 spiro atoms. The first-order valence-electron chi connectivity index (χ1n) is 6.05. The smallest absolute Gasteiger partial charge is 0.250 e. The summed E-state index contributed by atoms with van der Waals surface area (Å²) in [6.07, 6.45) is 4.42. The molecule has 0 saturated carbocycles. The van der Waals surface area contributed by atoms with Crippen LogP contribution in [0.3, 0.4) is 0 Å². The summed E-state index contributed by atoms with van der Waals surface area (Å²) in [4.78, 5) is 19.5. The summed E-state index contributed by atoms with van der Waals surface area (Å²) in [7, 11) is 0. The van der Waals surface area contributed by atoms with E-state index in [0.717, 1.165) is 0 Å². The van der Waals surface area contributed by atoms with Gasteiger partial charge in [0.1, 0.15) is 5.82 Å². The van der Waals surface area contributed by atoms with Crippen molar-refractivity contribution in [2.75, 3.05) is 0 Å². The molecule has 0 saturated heterocycles. The number of aromatic nitrogens is 2. The van der Waals surface area contributed by atoms with Crippen molar-refractivity contribution in [3.8, 4) is 11.1 Å². The largest absolute Gasteiger partial charge is 0.366 e. The number of benzene rings is 1. The van der Waals surface area contributed by atoms with Crippen molar-refractivity contribution in [3.05, 3.63) is 59.3 Å². The summed E-state index contributed by atoms with van der Waals surface area (Å²) in [5, 5.41) is 0.905. The molecule has 0 bridgehead atoms. The topological polar surface area (TPSA) is 68.9 Å². The molecule has 0 fully saturated rings. The Hall–Kier alpha value is -2.53. The molecule has 1 aromatic carbocycles. The van der Waals surface area contributed by atoms with Crippen LogP contribution in [0.25, 0.3) is 22.0 Å². The maximum absolute atomic E-state index is 14.1. The van der Waals surface area contributed by atoms with Crippen molar-refractivity contribution in [2.24, 2.45) is 5.73 Å². The number of fused-ring (bicyclic) bond motifs is 1. The van der Waals surface area contributed by atoms with Gasteiger partial charge in [0, 0.05) is 33.9 Å². The zero-order valence-electron chi connectivity index (χ0n) is 10.7. The Morgan fingerprint density at radius 3 is 2.67 bits per heavy atom. The minimum absolute atomic E-state index is 0.254. The van der Waals surface area contributed by atoms with Crippen molar-refractivity contribution >= 4 is 28.4 Å². The van der Waals surface area contributed by atoms with E-state index in [1.54, 1.807) is 18.2 Å². The number of carbonyl (C=O) groups is 1. The van der Waals surface area contributed by atoms with Crippen molar-refractivity contribution < 1.29 is 9.18 Å². The predicted molar refractivity (Wildman–Crippen MR) is 78.5 cm³/mol. The Morgan fingerprint density at radius 2 is 1.95 bits per heavy atom. The fraction of sp³-hybridized carbons (Fsp3) is 0. The third-order valence-corrected chi connectivity index (χ3v) is 3.35. The summed E-state index contributed by atoms with van der Waals surface area (Å²) >= 11 is 5.76. The van der Waals surface area contributed by atoms with Gasteiger partial charge in [-0.2, -0.15) is 0 Å². The van der Waals surface area contributed by atoms with Crippen molar-refractivity contribution in [3.63, 3.8) is 0 Å². The Bertz CT molecular complexity index is 867. The second-order valence-electron chi connectivity index (χ2n) is 4.47. The number of halogens is 2. The van der Waals surface area contributed by atoms with Gasteiger partial charge >= 0.3 is 0 Å². The lowest BCUT2D eigenvalue weighted by atomic mass is 10.0. The molecule has 0 unspecified atom stereocenters. The van der Waals surface area contributed by atoms with Crippen LogP contribution in [-0.2, 0) is 0 Å². The second kappa shape index (κ2) is 5.10. The lowest BCUT2D eigenvalue weighted by Crippen LogP contribution is -2.11. The minimum Gasteiger partial charge on any atom is -0.366 e. The molecule has 2 heterocycles. The molecule has 6 heteroatoms. The van der Waals surface area contributed by atoms with Crippen molar-refractivity contribution in [2.45, 2.75) is 0 Å². The molecule has 0 aliphatic carbocycles. The molecule has 3 aromatic rings. The summed E-state index contributed by atoms with van der Waals surface area (Å²) in [5.41, 5.74) is 6.92. The van der Waals surface area contributed by atoms with Gasteiger partial charge in [-0.25, -0.2) is 4.39 Å². The number of nitrogens with two attached hydrogens (primary N) is 1. The average molecular weight is 302 g/mol. The molecule has 104 valence electrons. The average Bonchev–Trinajstić information content (AvgIpc) is 2.46. The predicted octanol–water partition coefficient (Wildman–Crippen LogP) is 3.19. The SMILES string of the molecule is NC(=O)c1cnc2cncc(-c3ccc(Cl)cc3F)c2c1. The van der Waals surface area contributed by atoms with Crippen LogP contribution >= 0.6 is 11.6 Å². The number of primary amides is 1. The quantitative estimate of drug-likeness (QED) is 0.790. The van der Waals surface area contributed by atoms with Crippen LogP contribution in [0.15, 0.2) is 42.9 Å². The van der Waals surface area contributed by atoms with E-state index in [-0.39, 0.29) is 5.56 Å². The highest BCUT2D eigenvalue weighted by Crippen LogP contribution is 2.30. The molecule has 0 aliphatic heterocycles. The lowest BCUT2D eigenvalue weighted by Gasteiger charge is -2.08. The molecular formula is C15H9ClFN3O. The fourth-order valence-electron chi connectivity index (χ4n) is 2.10. The molecule has 2 N–H and O–H groups in total. The van der Waals surface area contributed by atoms with E-state index in [4.69, 9.17) is 17.3 Å². The van der Waals surface area contributed by atoms with Gasteiger partial charge in [0.05, 0.1) is 17.3 Å². The van der Waals surface area contributed by atoms with Gasteiger partial charge in [-0.3, -0.25) is 14.8 Å². The van der Waals surface area contributed by atoms with Crippen LogP contribution in [0, 0.1) is 5.82 Å². The maximum atomic E-state index is 14.1. The van der Waals surface area contributed by atoms with Crippen LogP contribution < -0.4 is 5.73 Å². The number of carbonyl (C=O) groups excluding carboxylic acids is 1. The highest BCUT2D eigenvalue weighted by atomic mass is 35.5. The van der Waals surface area contributed by atoms with E-state index < -0.39 is 11.7 Å². The van der Waals surface area contributed by atoms with Crippen LogP contribution in [0.5, 0.6) is 0 Å². The van der Waals surface area contributed by atoms with E-state index in [9.17, 15) is 9.18 Å². The number of hydrogen-bond acceptors (Lipinski definition) is 3. The maximum Gasteiger partial charge on any atom is 0.250 e. The van der Waals surface area contributed by atoms with Crippen molar-refractivity contribution in [1.82, 2.24) is 9.97 Å². The number of amides is 1. The summed E-state index contributed by atoms with van der Waals surface area (Å²) in [6, 6.07) is 5.95. The second-order valence-corrected chi connectivity index (χ2v) is 4.90. The number of pyridine rings is 2. The normalized spacial score (nSPS) is 10.8. The standard InChI is InChI=1S/C15H9ClFN3O/c16-9-1-2-10(13(17)4-9)12-6-19-7-14-11(12)3-8(5-20-14)15(18)21/h1-7H,(H2,18,21). The molecule has 0 radical (unpaired) electrons. The molecule has 0 atom stereocenters. The zero-order chi connectivity index (χ0) is 15.0. The first-order chi connectivity index (χ1) is 10.1. The monoisotopic (exact) mass is 301 g/mol. The molecule has 3 rings (SSSR count). The van der Waals surface area contributed by atoms with Crippen LogP contribution in [-0.4, -0.2) is 15.9 Å². The van der Waals surface area contributed by atoms with E-state index in [1.807, 2.05) is 0 Å². The highest BCUT2D eigenvalue weighted by molar-refractivity contribution is 6.30. The molecule has 1 amide bonds. The van der Waals surface area contributed by atoms with Crippen molar-refractivity contribution in [1.29, 1.82) is 0 Å². The Balaban J connectivity index is 2.31. The Labute approximate surface area is 124 Å². The Kier molecular flexibility index (Phi) is 3.27. The van der Waals surface area contributed by atoms with Gasteiger partial charge in [0.2, 0.25) is 5.91 Å². The number of hydrogen-bond donors (Lipinski definition) is 1. The van der Waals surface area contributed by atoms with E-state index in [2.05, 4.69) is 9.97 Å². The van der Waals surface area contributed by atoms with Gasteiger partial charge in [-0.1, -0.05) is 11.6 Å². The van der Waals surface area contributed by atoms with Gasteiger partial charge in [-0.05, 0) is 24.3 Å². The van der Waals surface area contributed by atoms with Gasteiger partial charge < -0.3 is 5.73 Å². The molecular weight excluding hydrogens is 293 g/mol. The number of rotatable bonds is 2. The molecule has 4 nitrogen and oxygen atoms in total. The molecule has 2 aromatic heterocycles. The lowest BCUT2D eigenvalue weighted by molar-refractivity contribution is 0.1000. The molecule has 21 heavy (non-hydrogen) atoms. The summed E-state index contributed by atoms with van der Waals surface area (Å²) < 4.78 is 14.1. The third-order valence-electron chi connectivity index (χ3n) is 3.11. The fourth-order valence-corrected chi connectivity index (χ4v) is 2.26. The summed E-state index contributed by atoms with van der Waals surface area (Å²) in [5.74, 6) is -1.06. The minimum atomic E-state index is -0.594. The molecule has 0 aliphatic rings. The highest BCUT2D eigenvalue weighted by Gasteiger charge is 2.12. The Morgan fingerprint density at radius 1 is 1.14 bits per heavy atom. The first-order valence-corrected chi connectivity index (χ1v) is 6.43. The van der Waals surface area contributed by atoms with Gasteiger partial charge in [0.15, 0.2) is 0 Å². The van der Waals surface area contributed by atoms with Gasteiger partial charge in [0.25, 0.3) is 0 Å². The zero-order valence-corrected chi connectivity index (χ0v) is 11.4.